The number of anilines is 1. The number of para-hydroxylation sites is 1. The van der Waals surface area contributed by atoms with Gasteiger partial charge in [0.2, 0.25) is 5.91 Å². The van der Waals surface area contributed by atoms with Crippen molar-refractivity contribution in [2.75, 3.05) is 5.32 Å². The molecule has 1 aromatic heterocycles. The summed E-state index contributed by atoms with van der Waals surface area (Å²) in [6.45, 7) is 1.82. The van der Waals surface area contributed by atoms with Gasteiger partial charge in [0, 0.05) is 10.6 Å². The van der Waals surface area contributed by atoms with E-state index in [1.807, 2.05) is 54.8 Å². The number of carbonyl (C=O) groups excluding carboxylic acids is 1. The lowest BCUT2D eigenvalue weighted by atomic mass is 10.0. The van der Waals surface area contributed by atoms with Crippen molar-refractivity contribution in [1.82, 2.24) is 5.32 Å². The first-order valence-corrected chi connectivity index (χ1v) is 8.92. The lowest BCUT2D eigenvalue weighted by Crippen LogP contribution is -2.40. The summed E-state index contributed by atoms with van der Waals surface area (Å²) in [5, 5.41) is 8.23. The number of thiophene rings is 1. The van der Waals surface area contributed by atoms with Gasteiger partial charge in [0.05, 0.1) is 12.1 Å². The molecular formula is C20H19FN2OS. The lowest BCUT2D eigenvalue weighted by molar-refractivity contribution is -0.117. The number of hydrogen-bond acceptors (Lipinski definition) is 3. The molecule has 0 spiro atoms. The second kappa shape index (κ2) is 8.05. The van der Waals surface area contributed by atoms with Crippen molar-refractivity contribution >= 4 is 22.9 Å². The maximum Gasteiger partial charge on any atom is 0.241 e. The van der Waals surface area contributed by atoms with Gasteiger partial charge in [-0.2, -0.15) is 0 Å². The minimum atomic E-state index is -0.419. The van der Waals surface area contributed by atoms with Crippen LogP contribution in [0.1, 0.15) is 23.4 Å². The molecule has 2 N–H and O–H groups in total. The molecule has 5 heteroatoms. The summed E-state index contributed by atoms with van der Waals surface area (Å²) < 4.78 is 13.2. The maximum absolute atomic E-state index is 13.2. The monoisotopic (exact) mass is 354 g/mol. The Hall–Kier alpha value is -2.50. The third-order valence-electron chi connectivity index (χ3n) is 3.88. The number of hydrogen-bond donors (Lipinski definition) is 2. The van der Waals surface area contributed by atoms with Crippen LogP contribution in [0.15, 0.2) is 72.1 Å². The first-order valence-electron chi connectivity index (χ1n) is 8.04. The van der Waals surface area contributed by atoms with Crippen molar-refractivity contribution in [3.63, 3.8) is 0 Å². The van der Waals surface area contributed by atoms with Gasteiger partial charge in [0.25, 0.3) is 0 Å². The highest BCUT2D eigenvalue weighted by molar-refractivity contribution is 7.10. The SMILES string of the molecule is C[C@H](N[C@@H](c1ccc(F)cc1)c1cccs1)C(=O)Nc1ccccc1. The van der Waals surface area contributed by atoms with Crippen molar-refractivity contribution in [2.45, 2.75) is 19.0 Å². The van der Waals surface area contributed by atoms with Gasteiger partial charge in [-0.3, -0.25) is 10.1 Å². The van der Waals surface area contributed by atoms with E-state index in [0.717, 1.165) is 16.1 Å². The van der Waals surface area contributed by atoms with E-state index in [1.165, 1.54) is 12.1 Å². The summed E-state index contributed by atoms with van der Waals surface area (Å²) in [4.78, 5) is 13.5. The van der Waals surface area contributed by atoms with Crippen molar-refractivity contribution in [3.8, 4) is 0 Å². The lowest BCUT2D eigenvalue weighted by Gasteiger charge is -2.22. The van der Waals surface area contributed by atoms with E-state index in [4.69, 9.17) is 0 Å². The van der Waals surface area contributed by atoms with Gasteiger partial charge in [-0.1, -0.05) is 36.4 Å². The Morgan fingerprint density at radius 3 is 2.36 bits per heavy atom. The van der Waals surface area contributed by atoms with E-state index in [9.17, 15) is 9.18 Å². The molecule has 128 valence electrons. The van der Waals surface area contributed by atoms with E-state index >= 15 is 0 Å². The van der Waals surface area contributed by atoms with Crippen LogP contribution in [-0.2, 0) is 4.79 Å². The number of amides is 1. The highest BCUT2D eigenvalue weighted by atomic mass is 32.1. The van der Waals surface area contributed by atoms with E-state index < -0.39 is 6.04 Å². The van der Waals surface area contributed by atoms with Crippen LogP contribution >= 0.6 is 11.3 Å². The number of nitrogens with one attached hydrogen (secondary N) is 2. The van der Waals surface area contributed by atoms with E-state index in [2.05, 4.69) is 10.6 Å². The molecule has 3 aromatic rings. The summed E-state index contributed by atoms with van der Waals surface area (Å²) in [5.74, 6) is -0.390. The Kier molecular flexibility index (Phi) is 5.58. The minimum absolute atomic E-state index is 0.116. The molecule has 25 heavy (non-hydrogen) atoms. The first kappa shape index (κ1) is 17.3. The molecule has 1 amide bonds. The predicted octanol–water partition coefficient (Wildman–Crippen LogP) is 4.59. The van der Waals surface area contributed by atoms with Crippen molar-refractivity contribution in [3.05, 3.63) is 88.4 Å². The largest absolute Gasteiger partial charge is 0.325 e. The summed E-state index contributed by atoms with van der Waals surface area (Å²) in [6.07, 6.45) is 0. The molecule has 0 bridgehead atoms. The third kappa shape index (κ3) is 4.53. The molecule has 1 heterocycles. The number of benzene rings is 2. The van der Waals surface area contributed by atoms with Gasteiger partial charge in [0.15, 0.2) is 0 Å². The standard InChI is InChI=1S/C20H19FN2OS/c1-14(20(24)23-17-6-3-2-4-7-17)22-19(18-8-5-13-25-18)15-9-11-16(21)12-10-15/h2-14,19,22H,1H3,(H,23,24)/t14-,19-/m0/s1. The van der Waals surface area contributed by atoms with E-state index in [-0.39, 0.29) is 17.8 Å². The Labute approximate surface area is 150 Å². The summed E-state index contributed by atoms with van der Waals surface area (Å²) in [7, 11) is 0. The molecule has 3 nitrogen and oxygen atoms in total. The van der Waals surface area contributed by atoms with Crippen LogP contribution in [0.4, 0.5) is 10.1 Å². The maximum atomic E-state index is 13.2. The Balaban J connectivity index is 1.75. The molecule has 0 aliphatic carbocycles. The number of rotatable bonds is 6. The molecular weight excluding hydrogens is 335 g/mol. The molecule has 2 aromatic carbocycles. The Morgan fingerprint density at radius 1 is 1.00 bits per heavy atom. The number of carbonyl (C=O) groups is 1. The zero-order valence-electron chi connectivity index (χ0n) is 13.8. The van der Waals surface area contributed by atoms with E-state index in [0.29, 0.717) is 0 Å². The molecule has 0 unspecified atom stereocenters. The van der Waals surface area contributed by atoms with Crippen molar-refractivity contribution < 1.29 is 9.18 Å². The fourth-order valence-electron chi connectivity index (χ4n) is 2.55. The molecule has 2 atom stereocenters. The smallest absolute Gasteiger partial charge is 0.241 e. The molecule has 3 rings (SSSR count). The highest BCUT2D eigenvalue weighted by Gasteiger charge is 2.21. The van der Waals surface area contributed by atoms with Crippen LogP contribution in [0.25, 0.3) is 0 Å². The van der Waals surface area contributed by atoms with Crippen LogP contribution in [0, 0.1) is 5.82 Å². The Morgan fingerprint density at radius 2 is 1.72 bits per heavy atom. The predicted molar refractivity (Wildman–Crippen MR) is 100 cm³/mol. The minimum Gasteiger partial charge on any atom is -0.325 e. The third-order valence-corrected chi connectivity index (χ3v) is 4.82. The van der Waals surface area contributed by atoms with Crippen LogP contribution in [-0.4, -0.2) is 11.9 Å². The molecule has 0 radical (unpaired) electrons. The highest BCUT2D eigenvalue weighted by Crippen LogP contribution is 2.27. The summed E-state index contributed by atoms with van der Waals surface area (Å²) in [5.41, 5.74) is 1.68. The van der Waals surface area contributed by atoms with Crippen molar-refractivity contribution in [2.24, 2.45) is 0 Å². The van der Waals surface area contributed by atoms with E-state index in [1.54, 1.807) is 23.5 Å². The second-order valence-electron chi connectivity index (χ2n) is 5.74. The molecule has 0 aliphatic heterocycles. The quantitative estimate of drug-likeness (QED) is 0.680. The number of halogens is 1. The van der Waals surface area contributed by atoms with Crippen LogP contribution in [0.2, 0.25) is 0 Å². The topological polar surface area (TPSA) is 41.1 Å². The zero-order chi connectivity index (χ0) is 17.6. The van der Waals surface area contributed by atoms with Crippen LogP contribution in [0.3, 0.4) is 0 Å². The van der Waals surface area contributed by atoms with Gasteiger partial charge >= 0.3 is 0 Å². The Bertz CT molecular complexity index is 803. The average Bonchev–Trinajstić information content (AvgIpc) is 3.15. The molecule has 0 saturated heterocycles. The first-order chi connectivity index (χ1) is 12.1. The van der Waals surface area contributed by atoms with Gasteiger partial charge in [0.1, 0.15) is 5.82 Å². The van der Waals surface area contributed by atoms with Crippen LogP contribution in [0.5, 0.6) is 0 Å². The molecule has 0 saturated carbocycles. The molecule has 0 aliphatic rings. The fourth-order valence-corrected chi connectivity index (χ4v) is 3.36. The average molecular weight is 354 g/mol. The second-order valence-corrected chi connectivity index (χ2v) is 6.72. The summed E-state index contributed by atoms with van der Waals surface area (Å²) in [6, 6.07) is 19.1. The fraction of sp³-hybridized carbons (Fsp3) is 0.150. The molecule has 0 fully saturated rings. The normalized spacial score (nSPS) is 13.2. The zero-order valence-corrected chi connectivity index (χ0v) is 14.6. The van der Waals surface area contributed by atoms with Gasteiger partial charge < -0.3 is 5.32 Å². The van der Waals surface area contributed by atoms with Gasteiger partial charge in [-0.05, 0) is 48.2 Å². The van der Waals surface area contributed by atoms with Gasteiger partial charge in [-0.15, -0.1) is 11.3 Å². The van der Waals surface area contributed by atoms with Crippen LogP contribution < -0.4 is 10.6 Å². The summed E-state index contributed by atoms with van der Waals surface area (Å²) >= 11 is 1.60. The van der Waals surface area contributed by atoms with Gasteiger partial charge in [-0.25, -0.2) is 4.39 Å². The van der Waals surface area contributed by atoms with Crippen molar-refractivity contribution in [1.29, 1.82) is 0 Å².